The van der Waals surface area contributed by atoms with Crippen LogP contribution < -0.4 is 11.1 Å². The van der Waals surface area contributed by atoms with Gasteiger partial charge in [-0.05, 0) is 44.3 Å². The fraction of sp³-hybridized carbons (Fsp3) is 0.688. The van der Waals surface area contributed by atoms with Gasteiger partial charge >= 0.3 is 0 Å². The standard InChI is InChI=1S/C16H27N3OS.2ClH/c1-19(2)14(15-8-5-9-21-15)11-18-16(20)10-12-6-3-4-7-13(12)17;;/h5,8-9,12-14H,3-4,6-7,10-11,17H2,1-2H3,(H,18,20);2*1H. The number of carbonyl (C=O) groups is 1. The molecule has 0 radical (unpaired) electrons. The van der Waals surface area contributed by atoms with Gasteiger partial charge < -0.3 is 16.0 Å². The Morgan fingerprint density at radius 2 is 2.09 bits per heavy atom. The van der Waals surface area contributed by atoms with Gasteiger partial charge in [-0.2, -0.15) is 0 Å². The maximum atomic E-state index is 12.2. The van der Waals surface area contributed by atoms with Crippen molar-refractivity contribution >= 4 is 42.1 Å². The summed E-state index contributed by atoms with van der Waals surface area (Å²) in [5, 5.41) is 5.17. The third-order valence-electron chi connectivity index (χ3n) is 4.40. The summed E-state index contributed by atoms with van der Waals surface area (Å²) < 4.78 is 0. The molecule has 1 aromatic heterocycles. The van der Waals surface area contributed by atoms with Crippen LogP contribution in [0.4, 0.5) is 0 Å². The first-order valence-corrected chi connectivity index (χ1v) is 8.68. The third-order valence-corrected chi connectivity index (χ3v) is 5.38. The summed E-state index contributed by atoms with van der Waals surface area (Å²) in [5.41, 5.74) is 6.12. The molecule has 1 aliphatic carbocycles. The Hall–Kier alpha value is -0.330. The maximum Gasteiger partial charge on any atom is 0.220 e. The van der Waals surface area contributed by atoms with Crippen molar-refractivity contribution < 1.29 is 4.79 Å². The summed E-state index contributed by atoms with van der Waals surface area (Å²) in [5.74, 6) is 0.499. The molecule has 1 amide bonds. The highest BCUT2D eigenvalue weighted by Gasteiger charge is 2.24. The van der Waals surface area contributed by atoms with Gasteiger partial charge in [-0.1, -0.05) is 18.9 Å². The second-order valence-electron chi connectivity index (χ2n) is 6.21. The van der Waals surface area contributed by atoms with Crippen molar-refractivity contribution in [3.8, 4) is 0 Å². The van der Waals surface area contributed by atoms with Crippen molar-refractivity contribution in [1.82, 2.24) is 10.2 Å². The summed E-state index contributed by atoms with van der Waals surface area (Å²) in [7, 11) is 4.10. The van der Waals surface area contributed by atoms with E-state index in [1.807, 2.05) is 14.1 Å². The minimum Gasteiger partial charge on any atom is -0.354 e. The number of thiophene rings is 1. The van der Waals surface area contributed by atoms with Crippen LogP contribution in [0.1, 0.15) is 43.0 Å². The zero-order valence-electron chi connectivity index (χ0n) is 13.9. The molecule has 4 nitrogen and oxygen atoms in total. The normalized spacial score (nSPS) is 21.9. The van der Waals surface area contributed by atoms with Gasteiger partial charge in [0.1, 0.15) is 0 Å². The average molecular weight is 382 g/mol. The molecule has 0 aliphatic heterocycles. The van der Waals surface area contributed by atoms with Crippen LogP contribution in [0, 0.1) is 5.92 Å². The topological polar surface area (TPSA) is 58.4 Å². The molecular weight excluding hydrogens is 353 g/mol. The van der Waals surface area contributed by atoms with Gasteiger partial charge in [-0.3, -0.25) is 4.79 Å². The lowest BCUT2D eigenvalue weighted by atomic mass is 9.83. The van der Waals surface area contributed by atoms with E-state index in [2.05, 4.69) is 27.7 Å². The molecule has 1 aliphatic rings. The Labute approximate surface area is 156 Å². The van der Waals surface area contributed by atoms with Gasteiger partial charge in [0.05, 0.1) is 6.04 Å². The van der Waals surface area contributed by atoms with Crippen molar-refractivity contribution in [2.75, 3.05) is 20.6 Å². The lowest BCUT2D eigenvalue weighted by molar-refractivity contribution is -0.122. The van der Waals surface area contributed by atoms with E-state index in [-0.39, 0.29) is 42.8 Å². The fourth-order valence-electron chi connectivity index (χ4n) is 3.03. The van der Waals surface area contributed by atoms with E-state index in [1.165, 1.54) is 17.7 Å². The maximum absolute atomic E-state index is 12.2. The molecule has 1 aromatic rings. The first kappa shape index (κ1) is 22.7. The van der Waals surface area contributed by atoms with Gasteiger partial charge in [-0.25, -0.2) is 0 Å². The van der Waals surface area contributed by atoms with Crippen LogP contribution in [0.15, 0.2) is 17.5 Å². The number of nitrogens with two attached hydrogens (primary N) is 1. The number of nitrogens with zero attached hydrogens (tertiary/aromatic N) is 1. The van der Waals surface area contributed by atoms with Crippen LogP contribution >= 0.6 is 36.2 Å². The highest BCUT2D eigenvalue weighted by Crippen LogP contribution is 2.26. The van der Waals surface area contributed by atoms with Gasteiger partial charge in [0.15, 0.2) is 0 Å². The summed E-state index contributed by atoms with van der Waals surface area (Å²) in [4.78, 5) is 15.6. The second-order valence-corrected chi connectivity index (χ2v) is 7.19. The molecule has 0 spiro atoms. The van der Waals surface area contributed by atoms with Gasteiger partial charge in [0.25, 0.3) is 0 Å². The van der Waals surface area contributed by atoms with E-state index in [1.54, 1.807) is 11.3 Å². The van der Waals surface area contributed by atoms with Crippen LogP contribution in [0.5, 0.6) is 0 Å². The summed E-state index contributed by atoms with van der Waals surface area (Å²) in [6, 6.07) is 4.62. The molecule has 1 saturated carbocycles. The number of carbonyl (C=O) groups excluding carboxylic acids is 1. The molecule has 0 bridgehead atoms. The van der Waals surface area contributed by atoms with E-state index in [4.69, 9.17) is 5.73 Å². The Morgan fingerprint density at radius 1 is 1.39 bits per heavy atom. The van der Waals surface area contributed by atoms with Crippen LogP contribution in [0.2, 0.25) is 0 Å². The monoisotopic (exact) mass is 381 g/mol. The molecule has 23 heavy (non-hydrogen) atoms. The zero-order chi connectivity index (χ0) is 15.2. The minimum atomic E-state index is 0. The van der Waals surface area contributed by atoms with Crippen molar-refractivity contribution in [1.29, 1.82) is 0 Å². The lowest BCUT2D eigenvalue weighted by Crippen LogP contribution is -2.39. The Kier molecular flexibility index (Phi) is 11.1. The van der Waals surface area contributed by atoms with E-state index in [0.717, 1.165) is 12.8 Å². The van der Waals surface area contributed by atoms with E-state index >= 15 is 0 Å². The molecular formula is C16H29Cl2N3OS. The summed E-state index contributed by atoms with van der Waals surface area (Å²) in [6.07, 6.45) is 5.15. The molecule has 1 heterocycles. The van der Waals surface area contributed by atoms with Gasteiger partial charge in [0.2, 0.25) is 5.91 Å². The van der Waals surface area contributed by atoms with Crippen molar-refractivity contribution in [3.63, 3.8) is 0 Å². The van der Waals surface area contributed by atoms with Gasteiger partial charge in [0, 0.05) is 23.9 Å². The SMILES string of the molecule is CN(C)C(CNC(=O)CC1CCCCC1N)c1cccs1.Cl.Cl. The highest BCUT2D eigenvalue weighted by molar-refractivity contribution is 7.10. The average Bonchev–Trinajstić information content (AvgIpc) is 2.95. The Morgan fingerprint density at radius 3 is 2.65 bits per heavy atom. The Balaban J connectivity index is 0.00000242. The molecule has 0 saturated heterocycles. The van der Waals surface area contributed by atoms with Crippen molar-refractivity contribution in [2.45, 2.75) is 44.2 Å². The number of nitrogens with one attached hydrogen (secondary N) is 1. The molecule has 0 aromatic carbocycles. The molecule has 3 atom stereocenters. The second kappa shape index (κ2) is 11.3. The molecule has 3 unspecified atom stereocenters. The zero-order valence-corrected chi connectivity index (χ0v) is 16.3. The van der Waals surface area contributed by atoms with E-state index < -0.39 is 0 Å². The Bertz CT molecular complexity index is 443. The van der Waals surface area contributed by atoms with E-state index in [0.29, 0.717) is 18.9 Å². The van der Waals surface area contributed by atoms with Crippen LogP contribution in [0.3, 0.4) is 0 Å². The molecule has 7 heteroatoms. The number of amides is 1. The predicted molar refractivity (Wildman–Crippen MR) is 103 cm³/mol. The molecule has 134 valence electrons. The number of hydrogen-bond acceptors (Lipinski definition) is 4. The molecule has 3 N–H and O–H groups in total. The van der Waals surface area contributed by atoms with Crippen LogP contribution in [-0.4, -0.2) is 37.5 Å². The number of hydrogen-bond donors (Lipinski definition) is 2. The van der Waals surface area contributed by atoms with Crippen LogP contribution in [-0.2, 0) is 4.79 Å². The number of halogens is 2. The fourth-order valence-corrected chi connectivity index (χ4v) is 3.95. The van der Waals surface area contributed by atoms with Crippen molar-refractivity contribution in [3.05, 3.63) is 22.4 Å². The summed E-state index contributed by atoms with van der Waals surface area (Å²) >= 11 is 1.73. The van der Waals surface area contributed by atoms with Crippen LogP contribution in [0.25, 0.3) is 0 Å². The molecule has 2 rings (SSSR count). The first-order chi connectivity index (χ1) is 10.1. The highest BCUT2D eigenvalue weighted by atomic mass is 35.5. The lowest BCUT2D eigenvalue weighted by Gasteiger charge is -2.28. The minimum absolute atomic E-state index is 0. The first-order valence-electron chi connectivity index (χ1n) is 7.80. The largest absolute Gasteiger partial charge is 0.354 e. The molecule has 1 fully saturated rings. The van der Waals surface area contributed by atoms with Gasteiger partial charge in [-0.15, -0.1) is 36.2 Å². The number of likely N-dealkylation sites (N-methyl/N-ethyl adjacent to an activating group) is 1. The number of rotatable bonds is 6. The summed E-state index contributed by atoms with van der Waals surface area (Å²) in [6.45, 7) is 0.661. The van der Waals surface area contributed by atoms with E-state index in [9.17, 15) is 4.79 Å². The van der Waals surface area contributed by atoms with Crippen molar-refractivity contribution in [2.24, 2.45) is 11.7 Å². The smallest absolute Gasteiger partial charge is 0.220 e. The quantitative estimate of drug-likeness (QED) is 0.794. The third kappa shape index (κ3) is 6.98. The predicted octanol–water partition coefficient (Wildman–Crippen LogP) is 3.22.